The molecule has 0 radical (unpaired) electrons. The number of amides is 1. The number of rotatable bonds is 5. The van der Waals surface area contributed by atoms with E-state index in [0.29, 0.717) is 10.7 Å². The molecule has 0 aliphatic heterocycles. The summed E-state index contributed by atoms with van der Waals surface area (Å²) in [6.07, 6.45) is 2.57. The van der Waals surface area contributed by atoms with Crippen LogP contribution in [0.15, 0.2) is 77.8 Å². The molecule has 0 saturated heterocycles. The van der Waals surface area contributed by atoms with Gasteiger partial charge in [0.15, 0.2) is 15.5 Å². The van der Waals surface area contributed by atoms with Crippen LogP contribution in [0, 0.1) is 0 Å². The van der Waals surface area contributed by atoms with Crippen molar-refractivity contribution in [3.63, 3.8) is 0 Å². The predicted molar refractivity (Wildman–Crippen MR) is 119 cm³/mol. The molecule has 2 aromatic heterocycles. The van der Waals surface area contributed by atoms with Crippen molar-refractivity contribution in [2.75, 3.05) is 11.2 Å². The highest BCUT2D eigenvalue weighted by Gasteiger charge is 2.25. The van der Waals surface area contributed by atoms with Gasteiger partial charge in [-0.15, -0.1) is 5.10 Å². The Balaban J connectivity index is 1.83. The number of fused-ring (bicyclic) bond motifs is 1. The van der Waals surface area contributed by atoms with Crippen LogP contribution in [0.3, 0.4) is 0 Å². The molecule has 2 aromatic carbocycles. The summed E-state index contributed by atoms with van der Waals surface area (Å²) in [5.74, 6) is -0.469. The molecule has 0 unspecified atom stereocenters. The monoisotopic (exact) mass is 452 g/mol. The Labute approximate surface area is 184 Å². The molecule has 0 saturated carbocycles. The maximum absolute atomic E-state index is 13.3. The number of benzene rings is 2. The first kappa shape index (κ1) is 20.9. The maximum atomic E-state index is 13.3. The highest BCUT2D eigenvalue weighted by atomic mass is 35.5. The largest absolute Gasteiger partial charge is 0.301 e. The SMILES string of the molecule is CS(=O)(=O)c1ccccc1N(Cc1ccc2ccc(Cl)nc2c1)C(=O)c1cccnn1. The lowest BCUT2D eigenvalue weighted by atomic mass is 10.1. The Morgan fingerprint density at radius 1 is 1.03 bits per heavy atom. The molecule has 4 aromatic rings. The molecule has 31 heavy (non-hydrogen) atoms. The van der Waals surface area contributed by atoms with Crippen molar-refractivity contribution >= 4 is 43.9 Å². The van der Waals surface area contributed by atoms with Crippen LogP contribution in [0.1, 0.15) is 16.1 Å². The van der Waals surface area contributed by atoms with Gasteiger partial charge < -0.3 is 4.90 Å². The van der Waals surface area contributed by atoms with Gasteiger partial charge in [-0.1, -0.05) is 35.9 Å². The molecule has 0 atom stereocenters. The van der Waals surface area contributed by atoms with Crippen molar-refractivity contribution in [1.29, 1.82) is 0 Å². The molecule has 0 bridgehead atoms. The Hall–Kier alpha value is -3.36. The number of carbonyl (C=O) groups is 1. The van der Waals surface area contributed by atoms with Crippen molar-refractivity contribution in [2.24, 2.45) is 0 Å². The summed E-state index contributed by atoms with van der Waals surface area (Å²) in [4.78, 5) is 19.1. The number of nitrogens with zero attached hydrogens (tertiary/aromatic N) is 4. The van der Waals surface area contributed by atoms with E-state index < -0.39 is 15.7 Å². The first-order chi connectivity index (χ1) is 14.8. The highest BCUT2D eigenvalue weighted by Crippen LogP contribution is 2.28. The Morgan fingerprint density at radius 3 is 2.55 bits per heavy atom. The van der Waals surface area contributed by atoms with E-state index in [1.165, 1.54) is 23.2 Å². The first-order valence-electron chi connectivity index (χ1n) is 9.27. The molecule has 4 rings (SSSR count). The molecule has 0 fully saturated rings. The maximum Gasteiger partial charge on any atom is 0.279 e. The van der Waals surface area contributed by atoms with Crippen LogP contribution in [0.2, 0.25) is 5.15 Å². The number of aromatic nitrogens is 3. The Morgan fingerprint density at radius 2 is 1.81 bits per heavy atom. The summed E-state index contributed by atoms with van der Waals surface area (Å²) in [5, 5.41) is 8.93. The average molecular weight is 453 g/mol. The summed E-state index contributed by atoms with van der Waals surface area (Å²) in [6.45, 7) is 0.103. The number of pyridine rings is 1. The number of carbonyl (C=O) groups excluding carboxylic acids is 1. The first-order valence-corrected chi connectivity index (χ1v) is 11.5. The minimum Gasteiger partial charge on any atom is -0.301 e. The van der Waals surface area contributed by atoms with Crippen molar-refractivity contribution in [1.82, 2.24) is 15.2 Å². The van der Waals surface area contributed by atoms with Crippen LogP contribution in [0.25, 0.3) is 10.9 Å². The van der Waals surface area contributed by atoms with Crippen LogP contribution < -0.4 is 4.90 Å². The van der Waals surface area contributed by atoms with Gasteiger partial charge in [-0.3, -0.25) is 4.79 Å². The number of sulfone groups is 1. The van der Waals surface area contributed by atoms with Crippen molar-refractivity contribution in [2.45, 2.75) is 11.4 Å². The minimum absolute atomic E-state index is 0.0502. The third kappa shape index (κ3) is 4.55. The fourth-order valence-corrected chi connectivity index (χ4v) is 4.27. The standard InChI is InChI=1S/C22H17ClN4O3S/c1-31(29,30)20-7-3-2-6-19(20)27(22(28)17-5-4-12-24-26-17)14-15-8-9-16-10-11-21(23)25-18(16)13-15/h2-13H,14H2,1H3. The minimum atomic E-state index is -3.59. The quantitative estimate of drug-likeness (QED) is 0.426. The van der Waals surface area contributed by atoms with Gasteiger partial charge in [0.25, 0.3) is 5.91 Å². The van der Waals surface area contributed by atoms with Gasteiger partial charge in [-0.05, 0) is 48.0 Å². The molecule has 9 heteroatoms. The topological polar surface area (TPSA) is 93.1 Å². The van der Waals surface area contributed by atoms with Gasteiger partial charge in [0.1, 0.15) is 5.15 Å². The fourth-order valence-electron chi connectivity index (χ4n) is 3.23. The van der Waals surface area contributed by atoms with E-state index in [0.717, 1.165) is 17.2 Å². The lowest BCUT2D eigenvalue weighted by molar-refractivity contribution is 0.0979. The van der Waals surface area contributed by atoms with E-state index in [9.17, 15) is 13.2 Å². The summed E-state index contributed by atoms with van der Waals surface area (Å²) in [5.41, 5.74) is 1.80. The van der Waals surface area contributed by atoms with Crippen LogP contribution in [0.4, 0.5) is 5.69 Å². The molecule has 0 aliphatic rings. The normalized spacial score (nSPS) is 11.4. The van der Waals surface area contributed by atoms with Crippen molar-refractivity contribution < 1.29 is 13.2 Å². The van der Waals surface area contributed by atoms with Crippen LogP contribution in [-0.4, -0.2) is 35.8 Å². The van der Waals surface area contributed by atoms with Crippen molar-refractivity contribution in [3.8, 4) is 0 Å². The van der Waals surface area contributed by atoms with Crippen LogP contribution in [0.5, 0.6) is 0 Å². The number of para-hydroxylation sites is 1. The summed E-state index contributed by atoms with van der Waals surface area (Å²) < 4.78 is 24.8. The van der Waals surface area contributed by atoms with Crippen molar-refractivity contribution in [3.05, 3.63) is 89.3 Å². The Bertz CT molecular complexity index is 1380. The average Bonchev–Trinajstić information content (AvgIpc) is 2.77. The van der Waals surface area contributed by atoms with Crippen LogP contribution in [-0.2, 0) is 16.4 Å². The van der Waals surface area contributed by atoms with E-state index in [-0.39, 0.29) is 22.8 Å². The molecular formula is C22H17ClN4O3S. The second kappa shape index (κ2) is 8.41. The van der Waals surface area contributed by atoms with E-state index in [2.05, 4.69) is 15.2 Å². The molecular weight excluding hydrogens is 436 g/mol. The van der Waals surface area contributed by atoms with Gasteiger partial charge >= 0.3 is 0 Å². The predicted octanol–water partition coefficient (Wildman–Crippen LogP) is 3.93. The number of anilines is 1. The molecule has 7 nitrogen and oxygen atoms in total. The molecule has 0 N–H and O–H groups in total. The van der Waals surface area contributed by atoms with Gasteiger partial charge in [-0.25, -0.2) is 13.4 Å². The van der Waals surface area contributed by atoms with Gasteiger partial charge in [0, 0.05) is 17.8 Å². The van der Waals surface area contributed by atoms with Gasteiger partial charge in [0.05, 0.1) is 22.6 Å². The lowest BCUT2D eigenvalue weighted by Gasteiger charge is -2.24. The Kier molecular flexibility index (Phi) is 5.67. The van der Waals surface area contributed by atoms with E-state index in [1.807, 2.05) is 24.3 Å². The smallest absolute Gasteiger partial charge is 0.279 e. The summed E-state index contributed by atoms with van der Waals surface area (Å²) in [7, 11) is -3.59. The molecule has 1 amide bonds. The zero-order chi connectivity index (χ0) is 22.0. The molecule has 0 spiro atoms. The molecule has 0 aliphatic carbocycles. The van der Waals surface area contributed by atoms with E-state index >= 15 is 0 Å². The molecule has 156 valence electrons. The van der Waals surface area contributed by atoms with Gasteiger partial charge in [0.2, 0.25) is 0 Å². The fraction of sp³-hybridized carbons (Fsp3) is 0.0909. The number of hydrogen-bond donors (Lipinski definition) is 0. The van der Waals surface area contributed by atoms with E-state index in [4.69, 9.17) is 11.6 Å². The summed E-state index contributed by atoms with van der Waals surface area (Å²) in [6, 6.07) is 18.6. The second-order valence-corrected chi connectivity index (χ2v) is 9.27. The third-order valence-corrected chi connectivity index (χ3v) is 6.01. The number of hydrogen-bond acceptors (Lipinski definition) is 6. The summed E-state index contributed by atoms with van der Waals surface area (Å²) >= 11 is 6.02. The second-order valence-electron chi connectivity index (χ2n) is 6.90. The number of halogens is 1. The third-order valence-electron chi connectivity index (χ3n) is 4.66. The van der Waals surface area contributed by atoms with Gasteiger partial charge in [-0.2, -0.15) is 5.10 Å². The zero-order valence-corrected chi connectivity index (χ0v) is 18.0. The zero-order valence-electron chi connectivity index (χ0n) is 16.4. The van der Waals surface area contributed by atoms with Crippen LogP contribution >= 0.6 is 11.6 Å². The molecule has 2 heterocycles. The highest BCUT2D eigenvalue weighted by molar-refractivity contribution is 7.90. The lowest BCUT2D eigenvalue weighted by Crippen LogP contribution is -2.32. The van der Waals surface area contributed by atoms with E-state index in [1.54, 1.807) is 30.3 Å².